The second-order valence-electron chi connectivity index (χ2n) is 8.46. The topological polar surface area (TPSA) is 98.4 Å². The number of aryl methyl sites for hydroxylation is 2. The molecule has 3 N–H and O–H groups in total. The van der Waals surface area contributed by atoms with Crippen molar-refractivity contribution in [1.82, 2.24) is 25.2 Å². The number of aldehydes is 1. The largest absolute Gasteiger partial charge is 0.383 e. The van der Waals surface area contributed by atoms with Gasteiger partial charge in [0.05, 0.1) is 17.8 Å². The normalized spacial score (nSPS) is 15.5. The van der Waals surface area contributed by atoms with Crippen LogP contribution in [0.2, 0.25) is 5.02 Å². The number of benzene rings is 1. The maximum atomic E-state index is 11.8. The van der Waals surface area contributed by atoms with Gasteiger partial charge in [-0.3, -0.25) is 14.6 Å². The zero-order chi connectivity index (χ0) is 23.7. The van der Waals surface area contributed by atoms with E-state index in [4.69, 9.17) is 17.0 Å². The molecule has 0 saturated carbocycles. The van der Waals surface area contributed by atoms with Gasteiger partial charge in [-0.05, 0) is 50.1 Å². The fourth-order valence-corrected chi connectivity index (χ4v) is 4.34. The van der Waals surface area contributed by atoms with Crippen LogP contribution in [0.15, 0.2) is 47.8 Å². The van der Waals surface area contributed by atoms with E-state index in [1.807, 2.05) is 68.7 Å². The maximum absolute atomic E-state index is 11.8. The summed E-state index contributed by atoms with van der Waals surface area (Å²) in [4.78, 5) is 13.9. The van der Waals surface area contributed by atoms with Crippen LogP contribution in [0.5, 0.6) is 0 Å². The highest BCUT2D eigenvalue weighted by Gasteiger charge is 2.29. The van der Waals surface area contributed by atoms with Gasteiger partial charge in [-0.1, -0.05) is 23.7 Å². The highest BCUT2D eigenvalue weighted by Crippen LogP contribution is 2.35. The van der Waals surface area contributed by atoms with Crippen molar-refractivity contribution in [3.05, 3.63) is 69.8 Å². The summed E-state index contributed by atoms with van der Waals surface area (Å²) < 4.78 is 1.96. The molecule has 0 amide bonds. The number of fused-ring (bicyclic) bond motifs is 1. The summed E-state index contributed by atoms with van der Waals surface area (Å²) in [6.45, 7) is 7.54. The molecule has 0 bridgehead atoms. The van der Waals surface area contributed by atoms with Gasteiger partial charge in [-0.15, -0.1) is 10.2 Å². The maximum Gasteiger partial charge on any atom is 0.168 e. The Morgan fingerprint density at radius 2 is 2.00 bits per heavy atom. The fraction of sp³-hybridized carbons (Fsp3) is 0.333. The van der Waals surface area contributed by atoms with E-state index in [1.54, 1.807) is 0 Å². The fourth-order valence-electron chi connectivity index (χ4n) is 4.21. The molecular weight excluding hydrogens is 438 g/mol. The van der Waals surface area contributed by atoms with E-state index >= 15 is 0 Å². The number of halogens is 1. The second kappa shape index (κ2) is 9.33. The lowest BCUT2D eigenvalue weighted by Crippen LogP contribution is -2.55. The van der Waals surface area contributed by atoms with Gasteiger partial charge in [0, 0.05) is 42.6 Å². The minimum Gasteiger partial charge on any atom is -0.383 e. The monoisotopic (exact) mass is 465 g/mol. The van der Waals surface area contributed by atoms with E-state index in [0.29, 0.717) is 16.9 Å². The molecule has 1 fully saturated rings. The molecule has 0 spiro atoms. The summed E-state index contributed by atoms with van der Waals surface area (Å²) in [7, 11) is 1.97. The number of carbonyl (C=O) groups excluding carboxylic acids is 1. The summed E-state index contributed by atoms with van der Waals surface area (Å²) in [6, 6.07) is 9.47. The van der Waals surface area contributed by atoms with Crippen LogP contribution in [0, 0.1) is 19.3 Å². The van der Waals surface area contributed by atoms with Gasteiger partial charge >= 0.3 is 0 Å². The number of nitrogens with zero attached hydrogens (tertiary/aromatic N) is 4. The van der Waals surface area contributed by atoms with Crippen LogP contribution >= 0.6 is 11.6 Å². The Morgan fingerprint density at radius 1 is 1.30 bits per heavy atom. The number of hydrogen-bond donors (Lipinski definition) is 3. The Hall–Kier alpha value is -3.23. The minimum atomic E-state index is -0.394. The number of rotatable bonds is 8. The molecule has 33 heavy (non-hydrogen) atoms. The number of carbonyl (C=O) groups is 1. The number of nitrogens with one attached hydrogen (secondary N) is 3. The smallest absolute Gasteiger partial charge is 0.168 e. The first-order valence-corrected chi connectivity index (χ1v) is 11.2. The quantitative estimate of drug-likeness (QED) is 0.349. The molecule has 0 radical (unpaired) electrons. The molecule has 3 heterocycles. The molecule has 1 aromatic carbocycles. The highest BCUT2D eigenvalue weighted by atomic mass is 35.5. The van der Waals surface area contributed by atoms with Crippen molar-refractivity contribution >= 4 is 34.9 Å². The van der Waals surface area contributed by atoms with E-state index in [9.17, 15) is 4.79 Å². The Kier molecular flexibility index (Phi) is 6.49. The van der Waals surface area contributed by atoms with Crippen molar-refractivity contribution in [3.63, 3.8) is 0 Å². The number of likely N-dealkylation sites (N-methyl/N-ethyl adjacent to an activating group) is 1. The van der Waals surface area contributed by atoms with Gasteiger partial charge in [0.15, 0.2) is 11.9 Å². The molecule has 1 saturated heterocycles. The third-order valence-electron chi connectivity index (χ3n) is 6.11. The summed E-state index contributed by atoms with van der Waals surface area (Å²) >= 11 is 6.17. The van der Waals surface area contributed by atoms with Crippen molar-refractivity contribution < 1.29 is 4.79 Å². The van der Waals surface area contributed by atoms with Crippen molar-refractivity contribution in [2.24, 2.45) is 0 Å². The van der Waals surface area contributed by atoms with Gasteiger partial charge in [0.25, 0.3) is 0 Å². The molecule has 3 aromatic rings. The first-order valence-electron chi connectivity index (χ1n) is 10.8. The summed E-state index contributed by atoms with van der Waals surface area (Å²) in [5, 5.41) is 24.4. The number of allylic oxidation sites excluding steroid dienone is 1. The lowest BCUT2D eigenvalue weighted by Gasteiger charge is -2.35. The molecule has 4 rings (SSSR count). The first kappa shape index (κ1) is 22.9. The van der Waals surface area contributed by atoms with Gasteiger partial charge < -0.3 is 15.5 Å². The summed E-state index contributed by atoms with van der Waals surface area (Å²) in [5.41, 5.74) is 5.01. The first-order chi connectivity index (χ1) is 15.8. The van der Waals surface area contributed by atoms with Crippen molar-refractivity contribution in [2.45, 2.75) is 32.9 Å². The average molecular weight is 466 g/mol. The SMILES string of the molecule is C/C(NC1CNC1)=C(/C(=N)C=O)C(c1ccc(Cl)cc1)N(C)c1cc(C)c2nnc(C)n2c1. The molecular formula is C24H28ClN7O. The van der Waals surface area contributed by atoms with E-state index < -0.39 is 6.04 Å². The van der Waals surface area contributed by atoms with E-state index in [2.05, 4.69) is 25.7 Å². The summed E-state index contributed by atoms with van der Waals surface area (Å²) in [5.74, 6) is 0.790. The average Bonchev–Trinajstić information content (AvgIpc) is 3.15. The molecule has 1 atom stereocenters. The molecule has 2 aromatic heterocycles. The molecule has 1 aliphatic heterocycles. The zero-order valence-electron chi connectivity index (χ0n) is 19.2. The third-order valence-corrected chi connectivity index (χ3v) is 6.36. The minimum absolute atomic E-state index is 0.0580. The Bertz CT molecular complexity index is 1230. The molecule has 9 heteroatoms. The predicted molar refractivity (Wildman–Crippen MR) is 131 cm³/mol. The van der Waals surface area contributed by atoms with Crippen molar-refractivity contribution in [2.75, 3.05) is 25.0 Å². The standard InChI is InChI=1S/C24H28ClN7O/c1-14-9-20(12-32-16(3)29-30-24(14)32)31(4)23(17-5-7-18(25)8-6-17)22(21(26)13-33)15(2)28-19-10-27-11-19/h5-9,12-13,19,23,26-28H,10-11H2,1-4H3/b22-15+,26-21?. The van der Waals surface area contributed by atoms with Crippen LogP contribution in [-0.4, -0.2) is 52.8 Å². The van der Waals surface area contributed by atoms with E-state index in [0.717, 1.165) is 47.1 Å². The van der Waals surface area contributed by atoms with Crippen LogP contribution in [0.4, 0.5) is 5.69 Å². The number of aromatic nitrogens is 3. The predicted octanol–water partition coefficient (Wildman–Crippen LogP) is 3.23. The van der Waals surface area contributed by atoms with Crippen LogP contribution < -0.4 is 15.5 Å². The number of anilines is 1. The van der Waals surface area contributed by atoms with E-state index in [1.165, 1.54) is 0 Å². The van der Waals surface area contributed by atoms with E-state index in [-0.39, 0.29) is 11.8 Å². The molecule has 8 nitrogen and oxygen atoms in total. The number of pyridine rings is 1. The molecule has 172 valence electrons. The lowest BCUT2D eigenvalue weighted by atomic mass is 9.91. The van der Waals surface area contributed by atoms with Crippen LogP contribution in [-0.2, 0) is 4.79 Å². The molecule has 1 unspecified atom stereocenters. The molecule has 0 aliphatic carbocycles. The Labute approximate surface area is 198 Å². The van der Waals surface area contributed by atoms with Gasteiger partial charge in [-0.2, -0.15) is 0 Å². The van der Waals surface area contributed by atoms with Gasteiger partial charge in [-0.25, -0.2) is 0 Å². The zero-order valence-corrected chi connectivity index (χ0v) is 19.9. The van der Waals surface area contributed by atoms with Crippen LogP contribution in [0.1, 0.15) is 29.9 Å². The van der Waals surface area contributed by atoms with Crippen molar-refractivity contribution in [1.29, 1.82) is 5.41 Å². The molecule has 1 aliphatic rings. The van der Waals surface area contributed by atoms with Crippen molar-refractivity contribution in [3.8, 4) is 0 Å². The Balaban J connectivity index is 1.87. The van der Waals surface area contributed by atoms with Crippen LogP contribution in [0.3, 0.4) is 0 Å². The highest BCUT2D eigenvalue weighted by molar-refractivity contribution is 6.35. The number of hydrogen-bond acceptors (Lipinski definition) is 7. The third kappa shape index (κ3) is 4.49. The van der Waals surface area contributed by atoms with Gasteiger partial charge in [0.2, 0.25) is 0 Å². The van der Waals surface area contributed by atoms with Crippen LogP contribution in [0.25, 0.3) is 5.65 Å². The lowest BCUT2D eigenvalue weighted by molar-refractivity contribution is -0.102. The summed E-state index contributed by atoms with van der Waals surface area (Å²) in [6.07, 6.45) is 2.59. The van der Waals surface area contributed by atoms with Gasteiger partial charge in [0.1, 0.15) is 11.5 Å². The second-order valence-corrected chi connectivity index (χ2v) is 8.89. The Morgan fingerprint density at radius 3 is 2.61 bits per heavy atom.